The summed E-state index contributed by atoms with van der Waals surface area (Å²) in [6.45, 7) is 4.35. The Kier molecular flexibility index (Phi) is 7.39. The molecule has 242 valence electrons. The van der Waals surface area contributed by atoms with Gasteiger partial charge in [0.1, 0.15) is 22.8 Å². The number of piperidine rings is 1. The summed E-state index contributed by atoms with van der Waals surface area (Å²) in [6, 6.07) is 9.25. The molecule has 4 aromatic rings. The van der Waals surface area contributed by atoms with Crippen molar-refractivity contribution in [2.75, 3.05) is 24.6 Å². The van der Waals surface area contributed by atoms with Crippen molar-refractivity contribution in [3.8, 4) is 17.1 Å². The molecule has 1 atom stereocenters. The first kappa shape index (κ1) is 30.7. The van der Waals surface area contributed by atoms with Crippen molar-refractivity contribution in [1.29, 1.82) is 0 Å². The number of ether oxygens (including phenoxy) is 1. The number of benzene rings is 3. The monoisotopic (exact) mass is 632 g/mol. The maximum Gasteiger partial charge on any atom is 0.319 e. The first-order valence-corrected chi connectivity index (χ1v) is 16.1. The Morgan fingerprint density at radius 3 is 2.46 bits per heavy atom. The Hall–Kier alpha value is -3.96. The number of hydrogen-bond donors (Lipinski definition) is 2. The van der Waals surface area contributed by atoms with E-state index < -0.39 is 33.4 Å². The Balaban J connectivity index is 1.46. The zero-order valence-corrected chi connectivity index (χ0v) is 26.1. The zero-order chi connectivity index (χ0) is 32.4. The van der Waals surface area contributed by atoms with Gasteiger partial charge in [0, 0.05) is 25.8 Å². The van der Waals surface area contributed by atoms with Crippen molar-refractivity contribution in [1.82, 2.24) is 9.97 Å². The van der Waals surface area contributed by atoms with Crippen molar-refractivity contribution in [2.45, 2.75) is 82.8 Å². The predicted octanol–water partition coefficient (Wildman–Crippen LogP) is 7.01. The lowest BCUT2D eigenvalue weighted by molar-refractivity contribution is -0.384. The van der Waals surface area contributed by atoms with Crippen LogP contribution in [0.5, 0.6) is 6.01 Å². The van der Waals surface area contributed by atoms with Crippen LogP contribution in [0, 0.1) is 27.2 Å². The number of aliphatic hydroxyl groups excluding tert-OH is 1. The average molecular weight is 633 g/mol. The molecule has 1 aromatic heterocycles. The normalized spacial score (nSPS) is 26.2. The molecular weight excluding hydrogens is 594 g/mol. The molecule has 8 rings (SSSR count). The van der Waals surface area contributed by atoms with Crippen LogP contribution in [0.2, 0.25) is 0 Å². The summed E-state index contributed by atoms with van der Waals surface area (Å²) in [5.74, 6) is -1.11. The van der Waals surface area contributed by atoms with Gasteiger partial charge in [-0.15, -0.1) is 0 Å². The second-order valence-electron chi connectivity index (χ2n) is 13.8. The molecule has 0 spiro atoms. The highest BCUT2D eigenvalue weighted by atomic mass is 19.1. The number of anilines is 1. The maximum absolute atomic E-state index is 17.1. The maximum atomic E-state index is 17.1. The molecule has 4 aliphatic rings. The molecule has 9 nitrogen and oxygen atoms in total. The van der Waals surface area contributed by atoms with Gasteiger partial charge < -0.3 is 19.8 Å². The van der Waals surface area contributed by atoms with Gasteiger partial charge in [0.25, 0.3) is 5.69 Å². The summed E-state index contributed by atoms with van der Waals surface area (Å²) in [5, 5.41) is 34.8. The van der Waals surface area contributed by atoms with Crippen molar-refractivity contribution in [3.63, 3.8) is 0 Å². The largest absolute Gasteiger partial charge is 0.457 e. The SMILES string of the molecule is CCc1c(F)ccc2cccc(-c3c([N+](=O)[O-])cc4c(N5CCC[C@@](C)(O)C5)nc(OC56CCC(CO)(CC5)CC6)nc4c3F)c12. The van der Waals surface area contributed by atoms with E-state index >= 15 is 8.78 Å². The minimum absolute atomic E-state index is 0.0250. The minimum atomic E-state index is -1.04. The van der Waals surface area contributed by atoms with Crippen LogP contribution in [-0.2, 0) is 6.42 Å². The zero-order valence-electron chi connectivity index (χ0n) is 26.1. The van der Waals surface area contributed by atoms with E-state index in [1.165, 1.54) is 12.1 Å². The van der Waals surface area contributed by atoms with Crippen LogP contribution in [0.4, 0.5) is 20.3 Å². The first-order chi connectivity index (χ1) is 22.0. The molecule has 11 heteroatoms. The molecule has 1 saturated heterocycles. The summed E-state index contributed by atoms with van der Waals surface area (Å²) in [4.78, 5) is 23.2. The third kappa shape index (κ3) is 5.04. The van der Waals surface area contributed by atoms with Crippen LogP contribution in [0.25, 0.3) is 32.8 Å². The standard InChI is InChI=1S/C35H38F2N4O5/c1-3-22-25(36)9-8-21-6-4-7-23(27(21)22)28-26(41(44)45)18-24-30(29(28)37)38-32(39-31(24)40-17-5-10-33(2,43)19-40)46-35-14-11-34(20-42,12-15-35)13-16-35/h4,6-9,18,42-43H,3,5,10-17,19-20H2,1-2H3/t33-,34?,35?/m1/s1. The lowest BCUT2D eigenvalue weighted by Gasteiger charge is -2.51. The summed E-state index contributed by atoms with van der Waals surface area (Å²) >= 11 is 0. The number of halogens is 2. The number of aromatic nitrogens is 2. The number of aliphatic hydroxyl groups is 2. The van der Waals surface area contributed by atoms with E-state index in [-0.39, 0.29) is 52.4 Å². The van der Waals surface area contributed by atoms with Crippen molar-refractivity contribution < 1.29 is 28.7 Å². The Labute approximate surface area is 265 Å². The lowest BCUT2D eigenvalue weighted by atomic mass is 9.59. The fourth-order valence-electron chi connectivity index (χ4n) is 8.06. The quantitative estimate of drug-likeness (QED) is 0.165. The van der Waals surface area contributed by atoms with Gasteiger partial charge in [0.05, 0.1) is 21.5 Å². The highest BCUT2D eigenvalue weighted by Gasteiger charge is 2.50. The van der Waals surface area contributed by atoms with E-state index in [0.717, 1.165) is 19.3 Å². The summed E-state index contributed by atoms with van der Waals surface area (Å²) in [6.07, 6.45) is 6.06. The van der Waals surface area contributed by atoms with Gasteiger partial charge >= 0.3 is 6.01 Å². The number of nitro benzene ring substituents is 1. The van der Waals surface area contributed by atoms with E-state index in [2.05, 4.69) is 4.98 Å². The highest BCUT2D eigenvalue weighted by Crippen LogP contribution is 2.54. The van der Waals surface area contributed by atoms with Crippen LogP contribution in [-0.4, -0.2) is 56.0 Å². The second kappa shape index (κ2) is 11.1. The Morgan fingerprint density at radius 1 is 1.07 bits per heavy atom. The van der Waals surface area contributed by atoms with Gasteiger partial charge in [-0.2, -0.15) is 9.97 Å². The number of rotatable bonds is 7. The van der Waals surface area contributed by atoms with Gasteiger partial charge in [-0.05, 0) is 98.1 Å². The number of nitro groups is 1. The molecule has 2 N–H and O–H groups in total. The van der Waals surface area contributed by atoms with Gasteiger partial charge in [-0.25, -0.2) is 8.78 Å². The van der Waals surface area contributed by atoms with E-state index in [4.69, 9.17) is 9.72 Å². The molecule has 3 aliphatic carbocycles. The molecule has 46 heavy (non-hydrogen) atoms. The molecule has 2 heterocycles. The molecule has 0 amide bonds. The van der Waals surface area contributed by atoms with E-state index in [0.29, 0.717) is 61.4 Å². The fraction of sp³-hybridized carbons (Fsp3) is 0.486. The average Bonchev–Trinajstić information content (AvgIpc) is 3.04. The molecule has 0 radical (unpaired) electrons. The molecular formula is C35H38F2N4O5. The number of hydrogen-bond acceptors (Lipinski definition) is 8. The lowest BCUT2D eigenvalue weighted by Crippen LogP contribution is -2.51. The van der Waals surface area contributed by atoms with Crippen LogP contribution in [0.3, 0.4) is 0 Å². The summed E-state index contributed by atoms with van der Waals surface area (Å²) < 4.78 is 38.7. The number of β-amino-alcohol motifs (C(OH)–C–C–N with tert-alkyl or cyclic N) is 1. The number of fused-ring (bicyclic) bond motifs is 5. The highest BCUT2D eigenvalue weighted by molar-refractivity contribution is 6.05. The molecule has 3 aromatic carbocycles. The van der Waals surface area contributed by atoms with E-state index in [9.17, 15) is 20.3 Å². The smallest absolute Gasteiger partial charge is 0.319 e. The van der Waals surface area contributed by atoms with Gasteiger partial charge in [0.2, 0.25) is 0 Å². The molecule has 1 aliphatic heterocycles. The van der Waals surface area contributed by atoms with Crippen molar-refractivity contribution in [3.05, 3.63) is 63.7 Å². The first-order valence-electron chi connectivity index (χ1n) is 16.1. The second-order valence-corrected chi connectivity index (χ2v) is 13.8. The number of aryl methyl sites for hydroxylation is 1. The van der Waals surface area contributed by atoms with Crippen LogP contribution >= 0.6 is 0 Å². The third-order valence-corrected chi connectivity index (χ3v) is 10.7. The molecule has 3 saturated carbocycles. The van der Waals surface area contributed by atoms with Gasteiger partial charge in [-0.3, -0.25) is 10.1 Å². The molecule has 2 bridgehead atoms. The van der Waals surface area contributed by atoms with Gasteiger partial charge in [0.15, 0.2) is 5.82 Å². The predicted molar refractivity (Wildman–Crippen MR) is 171 cm³/mol. The third-order valence-electron chi connectivity index (χ3n) is 10.7. The van der Waals surface area contributed by atoms with Crippen molar-refractivity contribution in [2.24, 2.45) is 5.41 Å². The topological polar surface area (TPSA) is 122 Å². The number of nitrogens with zero attached hydrogens (tertiary/aromatic N) is 4. The summed E-state index contributed by atoms with van der Waals surface area (Å²) in [5.41, 5.74) is -2.02. The minimum Gasteiger partial charge on any atom is -0.457 e. The van der Waals surface area contributed by atoms with Crippen LogP contribution in [0.15, 0.2) is 36.4 Å². The molecule has 4 fully saturated rings. The van der Waals surface area contributed by atoms with Gasteiger partial charge in [-0.1, -0.05) is 31.2 Å². The van der Waals surface area contributed by atoms with Crippen LogP contribution < -0.4 is 9.64 Å². The van der Waals surface area contributed by atoms with E-state index in [1.54, 1.807) is 38.1 Å². The Bertz CT molecular complexity index is 1860. The fourth-order valence-corrected chi connectivity index (χ4v) is 8.06. The van der Waals surface area contributed by atoms with Crippen LogP contribution in [0.1, 0.15) is 70.8 Å². The Morgan fingerprint density at radius 2 is 1.80 bits per heavy atom. The van der Waals surface area contributed by atoms with E-state index in [1.807, 2.05) is 4.90 Å². The molecule has 0 unspecified atom stereocenters. The van der Waals surface area contributed by atoms with Crippen molar-refractivity contribution >= 4 is 33.2 Å². The summed E-state index contributed by atoms with van der Waals surface area (Å²) in [7, 11) is 0.